The summed E-state index contributed by atoms with van der Waals surface area (Å²) in [4.78, 5) is 0. The first kappa shape index (κ1) is 14.3. The predicted molar refractivity (Wildman–Crippen MR) is 70.2 cm³/mol. The molecule has 0 saturated heterocycles. The Kier molecular flexibility index (Phi) is 6.97. The van der Waals surface area contributed by atoms with Crippen LogP contribution in [0.5, 0.6) is 0 Å². The predicted octanol–water partition coefficient (Wildman–Crippen LogP) is 3.01. The standard InChI is InChI=1S/C14H25NO2/c1-4-8-15-13(14(5-2)17-6-3)10-12-7-9-16-11-12/h7,9,11,13-15H,4-6,8,10H2,1-3H3. The van der Waals surface area contributed by atoms with Crippen LogP contribution in [0, 0.1) is 0 Å². The second kappa shape index (κ2) is 8.31. The monoisotopic (exact) mass is 239 g/mol. The van der Waals surface area contributed by atoms with Gasteiger partial charge in [-0.1, -0.05) is 13.8 Å². The van der Waals surface area contributed by atoms with Crippen molar-refractivity contribution in [1.29, 1.82) is 0 Å². The van der Waals surface area contributed by atoms with Gasteiger partial charge in [-0.05, 0) is 44.4 Å². The minimum Gasteiger partial charge on any atom is -0.472 e. The lowest BCUT2D eigenvalue weighted by Gasteiger charge is -2.27. The molecule has 98 valence electrons. The van der Waals surface area contributed by atoms with E-state index in [0.29, 0.717) is 6.04 Å². The molecule has 2 atom stereocenters. The number of ether oxygens (including phenoxy) is 1. The molecule has 17 heavy (non-hydrogen) atoms. The van der Waals surface area contributed by atoms with Gasteiger partial charge in [-0.3, -0.25) is 0 Å². The molecule has 1 N–H and O–H groups in total. The van der Waals surface area contributed by atoms with Gasteiger partial charge in [0.05, 0.1) is 18.6 Å². The Morgan fingerprint density at radius 3 is 2.71 bits per heavy atom. The van der Waals surface area contributed by atoms with E-state index in [1.807, 2.05) is 12.3 Å². The van der Waals surface area contributed by atoms with Crippen molar-refractivity contribution in [1.82, 2.24) is 5.32 Å². The molecule has 1 aromatic rings. The van der Waals surface area contributed by atoms with E-state index in [-0.39, 0.29) is 6.10 Å². The van der Waals surface area contributed by atoms with Crippen LogP contribution < -0.4 is 5.32 Å². The maximum absolute atomic E-state index is 5.81. The van der Waals surface area contributed by atoms with Crippen LogP contribution in [0.3, 0.4) is 0 Å². The van der Waals surface area contributed by atoms with E-state index in [2.05, 4.69) is 26.1 Å². The van der Waals surface area contributed by atoms with Crippen LogP contribution in [0.4, 0.5) is 0 Å². The molecule has 0 saturated carbocycles. The van der Waals surface area contributed by atoms with Crippen molar-refractivity contribution in [2.75, 3.05) is 13.2 Å². The molecule has 1 rings (SSSR count). The summed E-state index contributed by atoms with van der Waals surface area (Å²) < 4.78 is 10.9. The summed E-state index contributed by atoms with van der Waals surface area (Å²) in [5.41, 5.74) is 1.23. The summed E-state index contributed by atoms with van der Waals surface area (Å²) in [5, 5.41) is 3.58. The van der Waals surface area contributed by atoms with Gasteiger partial charge >= 0.3 is 0 Å². The number of hydrogen-bond donors (Lipinski definition) is 1. The van der Waals surface area contributed by atoms with Gasteiger partial charge in [-0.25, -0.2) is 0 Å². The molecule has 3 heteroatoms. The van der Waals surface area contributed by atoms with Crippen LogP contribution in [0.15, 0.2) is 23.0 Å². The van der Waals surface area contributed by atoms with Crippen molar-refractivity contribution < 1.29 is 9.15 Å². The zero-order valence-corrected chi connectivity index (χ0v) is 11.2. The molecule has 0 fully saturated rings. The van der Waals surface area contributed by atoms with E-state index in [4.69, 9.17) is 9.15 Å². The lowest BCUT2D eigenvalue weighted by atomic mass is 10.0. The zero-order valence-electron chi connectivity index (χ0n) is 11.2. The number of furan rings is 1. The third kappa shape index (κ3) is 4.92. The Morgan fingerprint density at radius 1 is 1.35 bits per heavy atom. The number of hydrogen-bond acceptors (Lipinski definition) is 3. The Balaban J connectivity index is 2.57. The van der Waals surface area contributed by atoms with E-state index < -0.39 is 0 Å². The highest BCUT2D eigenvalue weighted by Crippen LogP contribution is 2.12. The fraction of sp³-hybridized carbons (Fsp3) is 0.714. The second-order valence-electron chi connectivity index (χ2n) is 4.30. The molecule has 0 aliphatic rings. The van der Waals surface area contributed by atoms with Gasteiger partial charge in [0.2, 0.25) is 0 Å². The Morgan fingerprint density at radius 2 is 2.18 bits per heavy atom. The molecule has 0 bridgehead atoms. The first-order chi connectivity index (χ1) is 8.31. The molecule has 0 aromatic carbocycles. The fourth-order valence-electron chi connectivity index (χ4n) is 2.06. The van der Waals surface area contributed by atoms with Crippen molar-refractivity contribution in [2.24, 2.45) is 0 Å². The molecular weight excluding hydrogens is 214 g/mol. The lowest BCUT2D eigenvalue weighted by Crippen LogP contribution is -2.43. The minimum absolute atomic E-state index is 0.279. The molecule has 2 unspecified atom stereocenters. The number of rotatable bonds is 9. The average molecular weight is 239 g/mol. The Hall–Kier alpha value is -0.800. The second-order valence-corrected chi connectivity index (χ2v) is 4.30. The summed E-state index contributed by atoms with van der Waals surface area (Å²) >= 11 is 0. The summed E-state index contributed by atoms with van der Waals surface area (Å²) in [5.74, 6) is 0. The van der Waals surface area contributed by atoms with Gasteiger partial charge in [-0.2, -0.15) is 0 Å². The normalized spacial score (nSPS) is 14.8. The molecular formula is C14H25NO2. The van der Waals surface area contributed by atoms with Gasteiger partial charge in [-0.15, -0.1) is 0 Å². The molecule has 0 aliphatic carbocycles. The van der Waals surface area contributed by atoms with Crippen LogP contribution >= 0.6 is 0 Å². The molecule has 0 aliphatic heterocycles. The highest BCUT2D eigenvalue weighted by atomic mass is 16.5. The van der Waals surface area contributed by atoms with E-state index in [9.17, 15) is 0 Å². The van der Waals surface area contributed by atoms with Crippen LogP contribution in [-0.2, 0) is 11.2 Å². The van der Waals surface area contributed by atoms with E-state index in [0.717, 1.165) is 32.4 Å². The van der Waals surface area contributed by atoms with E-state index in [1.165, 1.54) is 5.56 Å². The van der Waals surface area contributed by atoms with Crippen molar-refractivity contribution in [2.45, 2.75) is 52.2 Å². The summed E-state index contributed by atoms with van der Waals surface area (Å²) in [6.07, 6.45) is 6.97. The van der Waals surface area contributed by atoms with Gasteiger partial charge in [0.15, 0.2) is 0 Å². The summed E-state index contributed by atoms with van der Waals surface area (Å²) in [6.45, 7) is 8.22. The maximum Gasteiger partial charge on any atom is 0.0935 e. The van der Waals surface area contributed by atoms with Crippen LogP contribution in [-0.4, -0.2) is 25.3 Å². The molecule has 1 heterocycles. The molecule has 3 nitrogen and oxygen atoms in total. The third-order valence-corrected chi connectivity index (χ3v) is 2.92. The quantitative estimate of drug-likeness (QED) is 0.719. The van der Waals surface area contributed by atoms with Gasteiger partial charge in [0.1, 0.15) is 0 Å². The lowest BCUT2D eigenvalue weighted by molar-refractivity contribution is 0.0319. The van der Waals surface area contributed by atoms with E-state index in [1.54, 1.807) is 6.26 Å². The number of nitrogens with one attached hydrogen (secondary N) is 1. The average Bonchev–Trinajstić information content (AvgIpc) is 2.84. The molecule has 0 radical (unpaired) electrons. The smallest absolute Gasteiger partial charge is 0.0935 e. The maximum atomic E-state index is 5.81. The Labute approximate surface area is 105 Å². The van der Waals surface area contributed by atoms with Crippen molar-refractivity contribution >= 4 is 0 Å². The molecule has 1 aromatic heterocycles. The van der Waals surface area contributed by atoms with Gasteiger partial charge in [0.25, 0.3) is 0 Å². The first-order valence-electron chi connectivity index (χ1n) is 6.67. The minimum atomic E-state index is 0.279. The fourth-order valence-corrected chi connectivity index (χ4v) is 2.06. The Bertz CT molecular complexity index is 272. The van der Waals surface area contributed by atoms with Crippen molar-refractivity contribution in [3.63, 3.8) is 0 Å². The molecule has 0 amide bonds. The highest BCUT2D eigenvalue weighted by molar-refractivity contribution is 5.08. The van der Waals surface area contributed by atoms with Crippen LogP contribution in [0.1, 0.15) is 39.2 Å². The first-order valence-corrected chi connectivity index (χ1v) is 6.67. The van der Waals surface area contributed by atoms with Crippen molar-refractivity contribution in [3.05, 3.63) is 24.2 Å². The third-order valence-electron chi connectivity index (χ3n) is 2.92. The summed E-state index contributed by atoms with van der Waals surface area (Å²) in [7, 11) is 0. The highest BCUT2D eigenvalue weighted by Gasteiger charge is 2.20. The molecule has 0 spiro atoms. The van der Waals surface area contributed by atoms with E-state index >= 15 is 0 Å². The van der Waals surface area contributed by atoms with Crippen LogP contribution in [0.2, 0.25) is 0 Å². The largest absolute Gasteiger partial charge is 0.472 e. The zero-order chi connectivity index (χ0) is 12.5. The topological polar surface area (TPSA) is 34.4 Å². The van der Waals surface area contributed by atoms with Crippen LogP contribution in [0.25, 0.3) is 0 Å². The SMILES string of the molecule is CCCNC(Cc1ccoc1)C(CC)OCC. The van der Waals surface area contributed by atoms with Gasteiger partial charge in [0, 0.05) is 12.6 Å². The van der Waals surface area contributed by atoms with Crippen molar-refractivity contribution in [3.8, 4) is 0 Å². The summed E-state index contributed by atoms with van der Waals surface area (Å²) in [6, 6.07) is 2.40. The van der Waals surface area contributed by atoms with Gasteiger partial charge < -0.3 is 14.5 Å².